The molecular weight excluding hydrogens is 352 g/mol. The first kappa shape index (κ1) is 18.2. The highest BCUT2D eigenvalue weighted by molar-refractivity contribution is 5.69. The molecule has 0 spiro atoms. The molecule has 0 atom stereocenters. The molecule has 3 rings (SSSR count). The smallest absolute Gasteiger partial charge is 0.328 e. The summed E-state index contributed by atoms with van der Waals surface area (Å²) in [7, 11) is 6.03. The van der Waals surface area contributed by atoms with Gasteiger partial charge in [0.05, 0.1) is 40.1 Å². The van der Waals surface area contributed by atoms with Crippen molar-refractivity contribution < 1.29 is 23.7 Å². The van der Waals surface area contributed by atoms with E-state index >= 15 is 0 Å². The average Bonchev–Trinajstić information content (AvgIpc) is 2.73. The number of hydrogen-bond acceptors (Lipinski definition) is 9. The van der Waals surface area contributed by atoms with Gasteiger partial charge >= 0.3 is 12.0 Å². The zero-order valence-corrected chi connectivity index (χ0v) is 15.3. The summed E-state index contributed by atoms with van der Waals surface area (Å²) in [5.41, 5.74) is 1.48. The van der Waals surface area contributed by atoms with Crippen molar-refractivity contribution in [3.8, 4) is 46.5 Å². The molecule has 2 heterocycles. The lowest BCUT2D eigenvalue weighted by Gasteiger charge is -2.10. The molecule has 0 aliphatic carbocycles. The van der Waals surface area contributed by atoms with Gasteiger partial charge in [0.2, 0.25) is 17.6 Å². The Kier molecular flexibility index (Phi) is 5.50. The van der Waals surface area contributed by atoms with E-state index in [1.54, 1.807) is 24.4 Å². The van der Waals surface area contributed by atoms with Gasteiger partial charge in [-0.25, -0.2) is 4.98 Å². The highest BCUT2D eigenvalue weighted by Crippen LogP contribution is 2.32. The van der Waals surface area contributed by atoms with Gasteiger partial charge in [-0.3, -0.25) is 0 Å². The monoisotopic (exact) mass is 370 g/mol. The summed E-state index contributed by atoms with van der Waals surface area (Å²) < 4.78 is 26.4. The second kappa shape index (κ2) is 8.17. The lowest BCUT2D eigenvalue weighted by Crippen LogP contribution is -1.99. The van der Waals surface area contributed by atoms with Crippen LogP contribution in [0.5, 0.6) is 35.4 Å². The zero-order chi connectivity index (χ0) is 19.2. The van der Waals surface area contributed by atoms with Gasteiger partial charge < -0.3 is 23.7 Å². The molecule has 0 N–H and O–H groups in total. The summed E-state index contributed by atoms with van der Waals surface area (Å²) in [6.07, 6.45) is 1.62. The van der Waals surface area contributed by atoms with Crippen LogP contribution in [0.25, 0.3) is 11.1 Å². The molecule has 0 aliphatic rings. The minimum Gasteiger partial charge on any atom is -0.481 e. The molecule has 0 amide bonds. The maximum atomic E-state index is 5.76. The molecule has 0 aliphatic heterocycles. The van der Waals surface area contributed by atoms with E-state index in [9.17, 15) is 0 Å². The van der Waals surface area contributed by atoms with Crippen LogP contribution in [0.15, 0.2) is 36.5 Å². The summed E-state index contributed by atoms with van der Waals surface area (Å²) in [6, 6.07) is 9.15. The maximum absolute atomic E-state index is 5.76. The van der Waals surface area contributed by atoms with Gasteiger partial charge in [0.1, 0.15) is 5.75 Å². The summed E-state index contributed by atoms with van der Waals surface area (Å²) in [5.74, 6) is 1.57. The van der Waals surface area contributed by atoms with Crippen molar-refractivity contribution in [1.29, 1.82) is 0 Å². The Morgan fingerprint density at radius 1 is 0.741 bits per heavy atom. The molecular formula is C18H18N4O5. The van der Waals surface area contributed by atoms with Gasteiger partial charge in [0.25, 0.3) is 0 Å². The number of ether oxygens (including phenoxy) is 5. The predicted molar refractivity (Wildman–Crippen MR) is 95.8 cm³/mol. The molecule has 3 aromatic rings. The van der Waals surface area contributed by atoms with Crippen LogP contribution in [-0.2, 0) is 0 Å². The van der Waals surface area contributed by atoms with Crippen LogP contribution in [0.1, 0.15) is 0 Å². The summed E-state index contributed by atoms with van der Waals surface area (Å²) >= 11 is 0. The van der Waals surface area contributed by atoms with Crippen LogP contribution in [0.3, 0.4) is 0 Å². The Bertz CT molecular complexity index is 913. The third-order valence-corrected chi connectivity index (χ3v) is 3.54. The number of nitrogens with zero attached hydrogens (tertiary/aromatic N) is 4. The number of benzene rings is 1. The Labute approximate surface area is 155 Å². The van der Waals surface area contributed by atoms with Crippen LogP contribution in [0.2, 0.25) is 0 Å². The first-order valence-electron chi connectivity index (χ1n) is 7.87. The van der Waals surface area contributed by atoms with Crippen LogP contribution in [-0.4, -0.2) is 48.4 Å². The largest absolute Gasteiger partial charge is 0.481 e. The van der Waals surface area contributed by atoms with Crippen molar-refractivity contribution >= 4 is 0 Å². The summed E-state index contributed by atoms with van der Waals surface area (Å²) in [4.78, 5) is 16.6. The first-order valence-corrected chi connectivity index (χ1v) is 7.87. The van der Waals surface area contributed by atoms with Gasteiger partial charge in [-0.2, -0.15) is 15.0 Å². The summed E-state index contributed by atoms with van der Waals surface area (Å²) in [5, 5.41) is 0. The molecule has 9 nitrogen and oxygen atoms in total. The normalized spacial score (nSPS) is 10.2. The first-order chi connectivity index (χ1) is 13.2. The van der Waals surface area contributed by atoms with Crippen molar-refractivity contribution in [2.75, 3.05) is 28.4 Å². The van der Waals surface area contributed by atoms with Crippen LogP contribution in [0.4, 0.5) is 0 Å². The van der Waals surface area contributed by atoms with Gasteiger partial charge in [-0.05, 0) is 17.7 Å². The Hall–Kier alpha value is -3.62. The molecule has 9 heteroatoms. The van der Waals surface area contributed by atoms with Crippen molar-refractivity contribution in [1.82, 2.24) is 19.9 Å². The Balaban J connectivity index is 1.93. The van der Waals surface area contributed by atoms with Gasteiger partial charge in [0.15, 0.2) is 0 Å². The van der Waals surface area contributed by atoms with E-state index in [1.807, 2.05) is 12.1 Å². The van der Waals surface area contributed by atoms with E-state index in [4.69, 9.17) is 23.7 Å². The van der Waals surface area contributed by atoms with Gasteiger partial charge in [0, 0.05) is 6.20 Å². The highest BCUT2D eigenvalue weighted by atomic mass is 16.5. The lowest BCUT2D eigenvalue weighted by molar-refractivity contribution is 0.348. The quantitative estimate of drug-likeness (QED) is 0.621. The molecule has 0 fully saturated rings. The molecule has 140 valence electrons. The fourth-order valence-electron chi connectivity index (χ4n) is 2.27. The number of hydrogen-bond donors (Lipinski definition) is 0. The molecule has 0 saturated heterocycles. The molecule has 2 aromatic heterocycles. The van der Waals surface area contributed by atoms with Crippen molar-refractivity contribution in [2.24, 2.45) is 0 Å². The maximum Gasteiger partial charge on any atom is 0.328 e. The Morgan fingerprint density at radius 3 is 2.11 bits per heavy atom. The molecule has 1 aromatic carbocycles. The van der Waals surface area contributed by atoms with E-state index in [0.717, 1.165) is 5.56 Å². The fraction of sp³-hybridized carbons (Fsp3) is 0.222. The van der Waals surface area contributed by atoms with Crippen LogP contribution >= 0.6 is 0 Å². The Morgan fingerprint density at radius 2 is 1.48 bits per heavy atom. The zero-order valence-electron chi connectivity index (χ0n) is 15.3. The standard InChI is InChI=1S/C18H18N4O5/c1-23-14-9-15(24-2)21-18(20-14)27-12-7-5-6-11(8-12)13-10-19-17(26-4)22-16(13)25-3/h5-10H,1-4H3. The second-order valence-corrected chi connectivity index (χ2v) is 5.14. The summed E-state index contributed by atoms with van der Waals surface area (Å²) in [6.45, 7) is 0. The van der Waals surface area contributed by atoms with Gasteiger partial charge in [-0.1, -0.05) is 12.1 Å². The SMILES string of the molecule is COc1cc(OC)nc(Oc2cccc(-c3cnc(OC)nc3OC)c2)n1. The second-order valence-electron chi connectivity index (χ2n) is 5.14. The third kappa shape index (κ3) is 4.14. The van der Waals surface area contributed by atoms with Crippen molar-refractivity contribution in [2.45, 2.75) is 0 Å². The minimum absolute atomic E-state index is 0.0984. The van der Waals surface area contributed by atoms with E-state index < -0.39 is 0 Å². The van der Waals surface area contributed by atoms with Crippen LogP contribution < -0.4 is 23.7 Å². The van der Waals surface area contributed by atoms with Crippen LogP contribution in [0, 0.1) is 0 Å². The van der Waals surface area contributed by atoms with E-state index in [0.29, 0.717) is 29.0 Å². The van der Waals surface area contributed by atoms with E-state index in [2.05, 4.69) is 19.9 Å². The van der Waals surface area contributed by atoms with Crippen molar-refractivity contribution in [3.63, 3.8) is 0 Å². The van der Waals surface area contributed by atoms with E-state index in [-0.39, 0.29) is 12.0 Å². The number of aromatic nitrogens is 4. The van der Waals surface area contributed by atoms with E-state index in [1.165, 1.54) is 28.4 Å². The number of rotatable bonds is 7. The molecule has 0 unspecified atom stereocenters. The lowest BCUT2D eigenvalue weighted by atomic mass is 10.1. The molecule has 0 saturated carbocycles. The predicted octanol–water partition coefficient (Wildman–Crippen LogP) is 2.76. The molecule has 0 bridgehead atoms. The molecule has 0 radical (unpaired) electrons. The topological polar surface area (TPSA) is 97.7 Å². The van der Waals surface area contributed by atoms with Crippen molar-refractivity contribution in [3.05, 3.63) is 36.5 Å². The third-order valence-electron chi connectivity index (χ3n) is 3.54. The minimum atomic E-state index is 0.0984. The fourth-order valence-corrected chi connectivity index (χ4v) is 2.27. The number of methoxy groups -OCH3 is 4. The average molecular weight is 370 g/mol. The van der Waals surface area contributed by atoms with Gasteiger partial charge in [-0.15, -0.1) is 0 Å². The molecule has 27 heavy (non-hydrogen) atoms. The highest BCUT2D eigenvalue weighted by Gasteiger charge is 2.13.